The van der Waals surface area contributed by atoms with E-state index in [1.165, 1.54) is 43.0 Å². The number of hydrogen-bond donors (Lipinski definition) is 7. The average molecular weight is 511 g/mol. The van der Waals surface area contributed by atoms with E-state index in [9.17, 15) is 34.5 Å². The van der Waals surface area contributed by atoms with E-state index in [1.807, 2.05) is 6.26 Å². The third kappa shape index (κ3) is 9.04. The van der Waals surface area contributed by atoms with Crippen LogP contribution in [-0.4, -0.2) is 87.8 Å². The maximum Gasteiger partial charge on any atom is 0.326 e. The molecular weight excluding hydrogens is 476 g/mol. The van der Waals surface area contributed by atoms with E-state index in [2.05, 4.69) is 21.3 Å². The number of nitrogens with one attached hydrogen (secondary N) is 4. The maximum absolute atomic E-state index is 13.0. The van der Waals surface area contributed by atoms with Gasteiger partial charge in [0.2, 0.25) is 17.7 Å². The Balaban J connectivity index is 2.07. The molecule has 0 spiro atoms. The first-order valence-electron chi connectivity index (χ1n) is 11.4. The lowest BCUT2D eigenvalue weighted by molar-refractivity contribution is -0.143. The van der Waals surface area contributed by atoms with Crippen LogP contribution >= 0.6 is 11.8 Å². The number of carboxylic acid groups (broad SMARTS) is 1. The van der Waals surface area contributed by atoms with Gasteiger partial charge in [-0.2, -0.15) is 11.8 Å². The summed E-state index contributed by atoms with van der Waals surface area (Å²) in [5.74, 6) is -2.51. The largest absolute Gasteiger partial charge is 0.508 e. The van der Waals surface area contributed by atoms with E-state index in [4.69, 9.17) is 0 Å². The highest BCUT2D eigenvalue weighted by Gasteiger charge is 2.33. The van der Waals surface area contributed by atoms with Crippen molar-refractivity contribution < 1.29 is 34.5 Å². The van der Waals surface area contributed by atoms with Crippen molar-refractivity contribution in [3.8, 4) is 5.75 Å². The number of carbonyl (C=O) groups is 4. The Morgan fingerprint density at radius 2 is 1.77 bits per heavy atom. The van der Waals surface area contributed by atoms with Crippen molar-refractivity contribution in [2.75, 3.05) is 18.6 Å². The lowest BCUT2D eigenvalue weighted by Crippen LogP contribution is -2.60. The zero-order valence-corrected chi connectivity index (χ0v) is 20.6. The van der Waals surface area contributed by atoms with Gasteiger partial charge in [0.25, 0.3) is 0 Å². The number of aliphatic hydroxyl groups excluding tert-OH is 1. The van der Waals surface area contributed by atoms with E-state index in [-0.39, 0.29) is 24.1 Å². The third-order valence-electron chi connectivity index (χ3n) is 5.67. The molecule has 5 unspecified atom stereocenters. The Morgan fingerprint density at radius 3 is 2.31 bits per heavy atom. The molecule has 35 heavy (non-hydrogen) atoms. The molecule has 1 fully saturated rings. The van der Waals surface area contributed by atoms with E-state index in [0.717, 1.165) is 13.0 Å². The Hall–Kier alpha value is -2.83. The molecule has 0 bridgehead atoms. The van der Waals surface area contributed by atoms with Gasteiger partial charge in [0.15, 0.2) is 0 Å². The summed E-state index contributed by atoms with van der Waals surface area (Å²) in [6.07, 6.45) is 2.32. The number of amides is 3. The Morgan fingerprint density at radius 1 is 1.09 bits per heavy atom. The van der Waals surface area contributed by atoms with Crippen molar-refractivity contribution in [3.63, 3.8) is 0 Å². The number of aliphatic hydroxyl groups is 1. The fourth-order valence-electron chi connectivity index (χ4n) is 3.67. The molecule has 3 amide bonds. The summed E-state index contributed by atoms with van der Waals surface area (Å²) >= 11 is 1.50. The molecule has 11 nitrogen and oxygen atoms in total. The van der Waals surface area contributed by atoms with Crippen molar-refractivity contribution >= 4 is 35.5 Å². The molecule has 0 saturated carbocycles. The quantitative estimate of drug-likeness (QED) is 0.182. The number of benzene rings is 1. The smallest absolute Gasteiger partial charge is 0.326 e. The summed E-state index contributed by atoms with van der Waals surface area (Å²) < 4.78 is 0. The zero-order valence-electron chi connectivity index (χ0n) is 19.8. The van der Waals surface area contributed by atoms with Crippen LogP contribution in [0.15, 0.2) is 24.3 Å². The molecule has 1 aromatic rings. The molecule has 194 valence electrons. The molecule has 12 heteroatoms. The Labute approximate surface area is 208 Å². The monoisotopic (exact) mass is 510 g/mol. The van der Waals surface area contributed by atoms with E-state index >= 15 is 0 Å². The van der Waals surface area contributed by atoms with Crippen LogP contribution in [0.2, 0.25) is 0 Å². The van der Waals surface area contributed by atoms with Gasteiger partial charge in [-0.25, -0.2) is 4.79 Å². The van der Waals surface area contributed by atoms with Gasteiger partial charge in [-0.05, 0) is 62.4 Å². The number of hydrogen-bond acceptors (Lipinski definition) is 8. The first kappa shape index (κ1) is 28.4. The van der Waals surface area contributed by atoms with Gasteiger partial charge in [-0.3, -0.25) is 14.4 Å². The molecule has 7 N–H and O–H groups in total. The minimum atomic E-state index is -1.43. The first-order valence-corrected chi connectivity index (χ1v) is 12.8. The van der Waals surface area contributed by atoms with Crippen LogP contribution in [0.4, 0.5) is 0 Å². The van der Waals surface area contributed by atoms with E-state index < -0.39 is 42.0 Å². The van der Waals surface area contributed by atoms with Gasteiger partial charge in [0, 0.05) is 6.42 Å². The number of phenolic OH excluding ortho intramolecular Hbond substituents is 1. The molecule has 1 heterocycles. The summed E-state index contributed by atoms with van der Waals surface area (Å²) in [5, 5.41) is 39.7. The Kier molecular flexibility index (Phi) is 11.3. The fraction of sp³-hybridized carbons (Fsp3) is 0.565. The van der Waals surface area contributed by atoms with Crippen LogP contribution in [0.25, 0.3) is 0 Å². The predicted molar refractivity (Wildman–Crippen MR) is 131 cm³/mol. The van der Waals surface area contributed by atoms with E-state index in [0.29, 0.717) is 24.2 Å². The number of aromatic hydroxyl groups is 1. The van der Waals surface area contributed by atoms with Crippen LogP contribution < -0.4 is 21.3 Å². The van der Waals surface area contributed by atoms with Gasteiger partial charge >= 0.3 is 5.97 Å². The number of thioether (sulfide) groups is 1. The van der Waals surface area contributed by atoms with Crippen molar-refractivity contribution in [1.29, 1.82) is 0 Å². The van der Waals surface area contributed by atoms with Gasteiger partial charge in [0.1, 0.15) is 23.9 Å². The van der Waals surface area contributed by atoms with Crippen molar-refractivity contribution in [1.82, 2.24) is 21.3 Å². The summed E-state index contributed by atoms with van der Waals surface area (Å²) in [4.78, 5) is 50.1. The Bertz CT molecular complexity index is 875. The highest BCUT2D eigenvalue weighted by atomic mass is 32.2. The minimum absolute atomic E-state index is 0.0216. The second kappa shape index (κ2) is 13.9. The second-order valence-electron chi connectivity index (χ2n) is 8.49. The van der Waals surface area contributed by atoms with Crippen LogP contribution in [0, 0.1) is 0 Å². The van der Waals surface area contributed by atoms with Crippen molar-refractivity contribution in [3.05, 3.63) is 29.8 Å². The normalized spacial score (nSPS) is 18.7. The lowest BCUT2D eigenvalue weighted by Gasteiger charge is -2.26. The zero-order chi connectivity index (χ0) is 26.0. The predicted octanol–water partition coefficient (Wildman–Crippen LogP) is -0.640. The van der Waals surface area contributed by atoms with Gasteiger partial charge in [0.05, 0.1) is 12.1 Å². The average Bonchev–Trinajstić information content (AvgIpc) is 3.35. The highest BCUT2D eigenvalue weighted by molar-refractivity contribution is 7.98. The molecule has 0 radical (unpaired) electrons. The lowest BCUT2D eigenvalue weighted by atomic mass is 10.0. The SMILES string of the molecule is CSCCC(NC(=O)C1CCCN1)C(=O)NC(C(=O)NC(Cc1ccc(O)cc1)C(=O)O)C(C)O. The number of carboxylic acids is 1. The highest BCUT2D eigenvalue weighted by Crippen LogP contribution is 2.12. The van der Waals surface area contributed by atoms with Crippen LogP contribution in [-0.2, 0) is 25.6 Å². The van der Waals surface area contributed by atoms with E-state index in [1.54, 1.807) is 0 Å². The topological polar surface area (TPSA) is 177 Å². The van der Waals surface area contributed by atoms with Gasteiger partial charge < -0.3 is 36.6 Å². The van der Waals surface area contributed by atoms with Crippen molar-refractivity contribution in [2.45, 2.75) is 62.9 Å². The standard InChI is InChI=1S/C23H34N4O7S/c1-13(28)19(22(32)26-18(23(33)34)12-14-5-7-15(29)8-6-14)27-21(31)17(9-11-35-2)25-20(30)16-4-3-10-24-16/h5-8,13,16-19,24,28-29H,3-4,9-12H2,1-2H3,(H,25,30)(H,26,32)(H,27,31)(H,33,34). The minimum Gasteiger partial charge on any atom is -0.508 e. The van der Waals surface area contributed by atoms with Crippen molar-refractivity contribution in [2.24, 2.45) is 0 Å². The van der Waals surface area contributed by atoms with Crippen LogP contribution in [0.3, 0.4) is 0 Å². The van der Waals surface area contributed by atoms with Gasteiger partial charge in [-0.15, -0.1) is 0 Å². The molecular formula is C23H34N4O7S. The fourth-order valence-corrected chi connectivity index (χ4v) is 4.14. The number of rotatable bonds is 13. The molecule has 1 aliphatic heterocycles. The molecule has 1 aliphatic rings. The molecule has 0 aromatic heterocycles. The molecule has 1 aromatic carbocycles. The molecule has 5 atom stereocenters. The second-order valence-corrected chi connectivity index (χ2v) is 9.47. The maximum atomic E-state index is 13.0. The number of aliphatic carboxylic acids is 1. The summed E-state index contributed by atoms with van der Waals surface area (Å²) in [6.45, 7) is 2.02. The van der Waals surface area contributed by atoms with Gasteiger partial charge in [-0.1, -0.05) is 12.1 Å². The molecule has 1 saturated heterocycles. The third-order valence-corrected chi connectivity index (χ3v) is 6.32. The number of phenols is 1. The van der Waals surface area contributed by atoms with Crippen LogP contribution in [0.5, 0.6) is 5.75 Å². The first-order chi connectivity index (χ1) is 16.6. The summed E-state index contributed by atoms with van der Waals surface area (Å²) in [7, 11) is 0. The molecule has 0 aliphatic carbocycles. The summed E-state index contributed by atoms with van der Waals surface area (Å²) in [5.41, 5.74) is 0.563. The number of carbonyl (C=O) groups excluding carboxylic acids is 3. The summed E-state index contributed by atoms with van der Waals surface area (Å²) in [6, 6.07) is 1.81. The van der Waals surface area contributed by atoms with Crippen LogP contribution in [0.1, 0.15) is 31.7 Å². The molecule has 2 rings (SSSR count).